The van der Waals surface area contributed by atoms with Crippen LogP contribution in [-0.2, 0) is 4.74 Å². The minimum absolute atomic E-state index is 0.185. The highest BCUT2D eigenvalue weighted by atomic mass is 79.9. The van der Waals surface area contributed by atoms with Crippen molar-refractivity contribution < 1.29 is 9.53 Å². The van der Waals surface area contributed by atoms with Gasteiger partial charge in [0, 0.05) is 23.6 Å². The number of benzene rings is 1. The highest BCUT2D eigenvalue weighted by Crippen LogP contribution is 2.24. The Hall–Kier alpha value is -1.07. The molecule has 1 aromatic carbocycles. The van der Waals surface area contributed by atoms with Gasteiger partial charge in [-0.1, -0.05) is 34.1 Å². The van der Waals surface area contributed by atoms with Crippen LogP contribution < -0.4 is 5.32 Å². The number of halogens is 1. The summed E-state index contributed by atoms with van der Waals surface area (Å²) in [6.45, 7) is 10.5. The van der Waals surface area contributed by atoms with Crippen LogP contribution in [0.25, 0.3) is 0 Å². The number of amides is 1. The molecule has 1 aliphatic heterocycles. The van der Waals surface area contributed by atoms with E-state index in [1.807, 2.05) is 31.7 Å². The highest BCUT2D eigenvalue weighted by Gasteiger charge is 2.26. The fourth-order valence-corrected chi connectivity index (χ4v) is 3.55. The summed E-state index contributed by atoms with van der Waals surface area (Å²) in [5, 5.41) is 3.63. The molecule has 0 aromatic heterocycles. The highest BCUT2D eigenvalue weighted by molar-refractivity contribution is 9.10. The summed E-state index contributed by atoms with van der Waals surface area (Å²) < 4.78 is 6.59. The molecule has 1 saturated heterocycles. The molecule has 1 atom stereocenters. The average molecular weight is 397 g/mol. The summed E-state index contributed by atoms with van der Waals surface area (Å²) in [6.07, 6.45) is 1.86. The smallest absolute Gasteiger partial charge is 0.410 e. The summed E-state index contributed by atoms with van der Waals surface area (Å²) in [5.74, 6) is 0.605. The number of carbonyl (C=O) groups excluding carboxylic acids is 1. The van der Waals surface area contributed by atoms with Gasteiger partial charge in [-0.15, -0.1) is 0 Å². The van der Waals surface area contributed by atoms with Crippen molar-refractivity contribution in [2.45, 2.75) is 52.2 Å². The van der Waals surface area contributed by atoms with Crippen LogP contribution in [0.5, 0.6) is 0 Å². The normalized spacial score (nSPS) is 17.6. The van der Waals surface area contributed by atoms with E-state index in [-0.39, 0.29) is 6.09 Å². The molecule has 2 rings (SSSR count). The van der Waals surface area contributed by atoms with Crippen LogP contribution in [0.15, 0.2) is 28.7 Å². The molecule has 1 N–H and O–H groups in total. The van der Waals surface area contributed by atoms with Crippen molar-refractivity contribution in [3.8, 4) is 0 Å². The number of nitrogens with one attached hydrogen (secondary N) is 1. The number of piperidine rings is 1. The van der Waals surface area contributed by atoms with E-state index in [1.54, 1.807) is 0 Å². The minimum atomic E-state index is -0.423. The molecule has 1 aromatic rings. The van der Waals surface area contributed by atoms with E-state index >= 15 is 0 Å². The van der Waals surface area contributed by atoms with Crippen LogP contribution in [0.2, 0.25) is 0 Å². The first-order valence-corrected chi connectivity index (χ1v) is 9.51. The second kappa shape index (κ2) is 8.34. The quantitative estimate of drug-likeness (QED) is 0.798. The average Bonchev–Trinajstić information content (AvgIpc) is 2.52. The molecule has 1 aliphatic rings. The van der Waals surface area contributed by atoms with Gasteiger partial charge < -0.3 is 15.0 Å². The number of likely N-dealkylation sites (tertiary alicyclic amines) is 1. The summed E-state index contributed by atoms with van der Waals surface area (Å²) in [6, 6.07) is 8.63. The minimum Gasteiger partial charge on any atom is -0.444 e. The molecule has 0 spiro atoms. The van der Waals surface area contributed by atoms with E-state index in [4.69, 9.17) is 4.74 Å². The zero-order valence-corrected chi connectivity index (χ0v) is 16.7. The Labute approximate surface area is 154 Å². The van der Waals surface area contributed by atoms with E-state index in [1.165, 1.54) is 5.56 Å². The molecule has 1 amide bonds. The van der Waals surface area contributed by atoms with Crippen LogP contribution >= 0.6 is 15.9 Å². The van der Waals surface area contributed by atoms with Gasteiger partial charge in [0.2, 0.25) is 0 Å². The largest absolute Gasteiger partial charge is 0.444 e. The molecule has 1 heterocycles. The third-order valence-corrected chi connectivity index (χ3v) is 5.07. The monoisotopic (exact) mass is 396 g/mol. The van der Waals surface area contributed by atoms with E-state index < -0.39 is 5.60 Å². The predicted octanol–water partition coefficient (Wildman–Crippen LogP) is 4.75. The number of rotatable bonds is 4. The molecule has 0 aliphatic carbocycles. The first-order valence-electron chi connectivity index (χ1n) is 8.72. The van der Waals surface area contributed by atoms with Crippen molar-refractivity contribution in [1.29, 1.82) is 0 Å². The lowest BCUT2D eigenvalue weighted by molar-refractivity contribution is 0.0183. The van der Waals surface area contributed by atoms with Crippen molar-refractivity contribution in [2.75, 3.05) is 19.6 Å². The van der Waals surface area contributed by atoms with Gasteiger partial charge in [0.15, 0.2) is 0 Å². The van der Waals surface area contributed by atoms with Crippen LogP contribution in [0, 0.1) is 5.92 Å². The maximum atomic E-state index is 12.1. The second-order valence-electron chi connectivity index (χ2n) is 7.56. The van der Waals surface area contributed by atoms with E-state index in [0.717, 1.165) is 36.9 Å². The molecule has 134 valence electrons. The van der Waals surface area contributed by atoms with Gasteiger partial charge in [0.05, 0.1) is 0 Å². The Morgan fingerprint density at radius 1 is 1.33 bits per heavy atom. The number of hydrogen-bond acceptors (Lipinski definition) is 3. The van der Waals surface area contributed by atoms with Gasteiger partial charge >= 0.3 is 6.09 Å². The van der Waals surface area contributed by atoms with Gasteiger partial charge in [-0.3, -0.25) is 0 Å². The summed E-state index contributed by atoms with van der Waals surface area (Å²) >= 11 is 3.61. The summed E-state index contributed by atoms with van der Waals surface area (Å²) in [5.41, 5.74) is 0.859. The van der Waals surface area contributed by atoms with Crippen LogP contribution in [0.4, 0.5) is 4.79 Å². The van der Waals surface area contributed by atoms with Crippen LogP contribution in [-0.4, -0.2) is 36.2 Å². The van der Waals surface area contributed by atoms with Crippen molar-refractivity contribution in [3.63, 3.8) is 0 Å². The number of nitrogens with zero attached hydrogens (tertiary/aromatic N) is 1. The molecule has 1 fully saturated rings. The fraction of sp³-hybridized carbons (Fsp3) is 0.632. The summed E-state index contributed by atoms with van der Waals surface area (Å²) in [4.78, 5) is 13.9. The summed E-state index contributed by atoms with van der Waals surface area (Å²) in [7, 11) is 0. The number of ether oxygens (including phenoxy) is 1. The Morgan fingerprint density at radius 3 is 2.54 bits per heavy atom. The third kappa shape index (κ3) is 5.78. The van der Waals surface area contributed by atoms with Gasteiger partial charge in [-0.05, 0) is 64.6 Å². The van der Waals surface area contributed by atoms with Crippen molar-refractivity contribution in [1.82, 2.24) is 10.2 Å². The van der Waals surface area contributed by atoms with Gasteiger partial charge in [0.25, 0.3) is 0 Å². The zero-order chi connectivity index (χ0) is 17.7. The topological polar surface area (TPSA) is 41.6 Å². The molecule has 4 nitrogen and oxygen atoms in total. The third-order valence-electron chi connectivity index (χ3n) is 4.35. The standard InChI is InChI=1S/C19H29BrN2O2/c1-14(16-7-5-6-8-17(16)20)21-13-15-9-11-22(12-10-15)18(23)24-19(2,3)4/h5-8,14-15,21H,9-13H2,1-4H3/t14-/m0/s1. The fourth-order valence-electron chi connectivity index (χ4n) is 2.93. The van der Waals surface area contributed by atoms with Gasteiger partial charge in [0.1, 0.15) is 5.60 Å². The lowest BCUT2D eigenvalue weighted by Crippen LogP contribution is -2.43. The SMILES string of the molecule is C[C@H](NCC1CCN(C(=O)OC(C)(C)C)CC1)c1ccccc1Br. The molecule has 0 bridgehead atoms. The zero-order valence-electron chi connectivity index (χ0n) is 15.1. The van der Waals surface area contributed by atoms with Crippen molar-refractivity contribution >= 4 is 22.0 Å². The lowest BCUT2D eigenvalue weighted by Gasteiger charge is -2.34. The van der Waals surface area contributed by atoms with Crippen molar-refractivity contribution in [3.05, 3.63) is 34.3 Å². The molecule has 0 unspecified atom stereocenters. The predicted molar refractivity (Wildman–Crippen MR) is 101 cm³/mol. The molecule has 24 heavy (non-hydrogen) atoms. The maximum absolute atomic E-state index is 12.1. The molecule has 5 heteroatoms. The Bertz CT molecular complexity index is 549. The number of carbonyl (C=O) groups is 1. The van der Waals surface area contributed by atoms with E-state index in [2.05, 4.69) is 46.4 Å². The first-order chi connectivity index (χ1) is 11.3. The lowest BCUT2D eigenvalue weighted by atomic mass is 9.96. The molecule has 0 saturated carbocycles. The second-order valence-corrected chi connectivity index (χ2v) is 8.42. The Morgan fingerprint density at radius 2 is 1.96 bits per heavy atom. The Kier molecular flexibility index (Phi) is 6.70. The van der Waals surface area contributed by atoms with Crippen LogP contribution in [0.1, 0.15) is 52.1 Å². The maximum Gasteiger partial charge on any atom is 0.410 e. The van der Waals surface area contributed by atoms with Crippen molar-refractivity contribution in [2.24, 2.45) is 5.92 Å². The van der Waals surface area contributed by atoms with Gasteiger partial charge in [-0.2, -0.15) is 0 Å². The van der Waals surface area contributed by atoms with Crippen LogP contribution in [0.3, 0.4) is 0 Å². The van der Waals surface area contributed by atoms with E-state index in [9.17, 15) is 4.79 Å². The molecular formula is C19H29BrN2O2. The van der Waals surface area contributed by atoms with Gasteiger partial charge in [-0.25, -0.2) is 4.79 Å². The molecule has 0 radical (unpaired) electrons. The van der Waals surface area contributed by atoms with E-state index in [0.29, 0.717) is 12.0 Å². The molecular weight excluding hydrogens is 368 g/mol. The first kappa shape index (κ1) is 19.3. The Balaban J connectivity index is 1.75. The number of hydrogen-bond donors (Lipinski definition) is 1.